The van der Waals surface area contributed by atoms with Crippen molar-refractivity contribution in [2.75, 3.05) is 25.9 Å². The van der Waals surface area contributed by atoms with Crippen LogP contribution in [-0.4, -0.2) is 31.0 Å². The summed E-state index contributed by atoms with van der Waals surface area (Å²) in [5, 5.41) is 0. The van der Waals surface area contributed by atoms with Gasteiger partial charge >= 0.3 is 0 Å². The quantitative estimate of drug-likeness (QED) is 0.865. The number of carbonyl (C=O) groups excluding carboxylic acids is 1. The number of nitrogens with two attached hydrogens (primary N) is 1. The molecule has 1 aromatic rings. The molecule has 4 nitrogen and oxygen atoms in total. The number of anilines is 1. The molecule has 0 spiro atoms. The maximum Gasteiger partial charge on any atom is 0.253 e. The minimum absolute atomic E-state index is 0.0847. The first-order valence-electron chi connectivity index (χ1n) is 7.88. The van der Waals surface area contributed by atoms with Crippen LogP contribution in [0.1, 0.15) is 49.4 Å². The molecule has 0 bridgehead atoms. The standard InChI is InChI=1S/C17H26N2O2/c1-3-5-13-6-4-10-19(11-9-13)17(20)14-7-8-16(21-2)15(18)12-14/h7-8,12-13H,3-6,9-11,18H2,1-2H3. The zero-order valence-corrected chi connectivity index (χ0v) is 13.1. The van der Waals surface area contributed by atoms with E-state index >= 15 is 0 Å². The zero-order chi connectivity index (χ0) is 15.2. The predicted molar refractivity (Wildman–Crippen MR) is 85.6 cm³/mol. The summed E-state index contributed by atoms with van der Waals surface area (Å²) in [5.74, 6) is 1.47. The molecule has 1 unspecified atom stereocenters. The van der Waals surface area contributed by atoms with E-state index in [1.807, 2.05) is 4.90 Å². The Morgan fingerprint density at radius 2 is 2.19 bits per heavy atom. The van der Waals surface area contributed by atoms with Crippen LogP contribution < -0.4 is 10.5 Å². The Morgan fingerprint density at radius 3 is 2.86 bits per heavy atom. The average molecular weight is 290 g/mol. The van der Waals surface area contributed by atoms with Gasteiger partial charge < -0.3 is 15.4 Å². The van der Waals surface area contributed by atoms with Gasteiger partial charge in [-0.3, -0.25) is 4.79 Å². The zero-order valence-electron chi connectivity index (χ0n) is 13.1. The van der Waals surface area contributed by atoms with Crippen molar-refractivity contribution in [1.82, 2.24) is 4.90 Å². The van der Waals surface area contributed by atoms with E-state index in [2.05, 4.69) is 6.92 Å². The first-order valence-corrected chi connectivity index (χ1v) is 7.88. The number of ether oxygens (including phenoxy) is 1. The molecule has 1 amide bonds. The third kappa shape index (κ3) is 3.90. The number of likely N-dealkylation sites (tertiary alicyclic amines) is 1. The number of nitrogen functional groups attached to an aromatic ring is 1. The minimum Gasteiger partial charge on any atom is -0.495 e. The van der Waals surface area contributed by atoms with Crippen molar-refractivity contribution in [3.63, 3.8) is 0 Å². The van der Waals surface area contributed by atoms with Gasteiger partial charge in [0, 0.05) is 18.7 Å². The van der Waals surface area contributed by atoms with Gasteiger partial charge in [0.15, 0.2) is 0 Å². The number of hydrogen-bond donors (Lipinski definition) is 1. The summed E-state index contributed by atoms with van der Waals surface area (Å²) in [6.45, 7) is 3.94. The lowest BCUT2D eigenvalue weighted by Gasteiger charge is -2.21. The average Bonchev–Trinajstić information content (AvgIpc) is 2.72. The maximum absolute atomic E-state index is 12.6. The van der Waals surface area contributed by atoms with E-state index in [0.717, 1.165) is 31.8 Å². The molecule has 116 valence electrons. The van der Waals surface area contributed by atoms with Gasteiger partial charge in [0.1, 0.15) is 5.75 Å². The van der Waals surface area contributed by atoms with Crippen molar-refractivity contribution in [1.29, 1.82) is 0 Å². The fourth-order valence-electron chi connectivity index (χ4n) is 3.12. The molecule has 1 aliphatic heterocycles. The topological polar surface area (TPSA) is 55.6 Å². The van der Waals surface area contributed by atoms with E-state index in [1.54, 1.807) is 25.3 Å². The highest BCUT2D eigenvalue weighted by molar-refractivity contribution is 5.95. The van der Waals surface area contributed by atoms with Crippen LogP contribution >= 0.6 is 0 Å². The second kappa shape index (κ2) is 7.34. The molecule has 0 aromatic heterocycles. The molecule has 1 aliphatic rings. The van der Waals surface area contributed by atoms with Crippen LogP contribution in [0.25, 0.3) is 0 Å². The molecule has 1 atom stereocenters. The van der Waals surface area contributed by atoms with Gasteiger partial charge in [0.25, 0.3) is 5.91 Å². The Hall–Kier alpha value is -1.71. The van der Waals surface area contributed by atoms with E-state index in [0.29, 0.717) is 17.0 Å². The number of methoxy groups -OCH3 is 1. The third-order valence-electron chi connectivity index (χ3n) is 4.31. The maximum atomic E-state index is 12.6. The van der Waals surface area contributed by atoms with Gasteiger partial charge in [-0.2, -0.15) is 0 Å². The summed E-state index contributed by atoms with van der Waals surface area (Å²) >= 11 is 0. The number of hydrogen-bond acceptors (Lipinski definition) is 3. The van der Waals surface area contributed by atoms with E-state index in [4.69, 9.17) is 10.5 Å². The Balaban J connectivity index is 2.04. The number of carbonyl (C=O) groups is 1. The summed E-state index contributed by atoms with van der Waals surface area (Å²) in [7, 11) is 1.58. The lowest BCUT2D eigenvalue weighted by Crippen LogP contribution is -2.32. The molecule has 1 aromatic carbocycles. The van der Waals surface area contributed by atoms with Crippen LogP contribution in [0.15, 0.2) is 18.2 Å². The molecule has 1 fully saturated rings. The molecule has 1 heterocycles. The SMILES string of the molecule is CCCC1CCCN(C(=O)c2ccc(OC)c(N)c2)CC1. The first kappa shape index (κ1) is 15.7. The molecular formula is C17H26N2O2. The Morgan fingerprint density at radius 1 is 1.38 bits per heavy atom. The van der Waals surface area contributed by atoms with Crippen molar-refractivity contribution in [2.45, 2.75) is 39.0 Å². The molecule has 2 rings (SSSR count). The van der Waals surface area contributed by atoms with E-state index < -0.39 is 0 Å². The second-order valence-electron chi connectivity index (χ2n) is 5.83. The van der Waals surface area contributed by atoms with Crippen molar-refractivity contribution in [3.05, 3.63) is 23.8 Å². The lowest BCUT2D eigenvalue weighted by molar-refractivity contribution is 0.0760. The van der Waals surface area contributed by atoms with Crippen molar-refractivity contribution >= 4 is 11.6 Å². The predicted octanol–water partition coefficient (Wildman–Crippen LogP) is 3.32. The molecular weight excluding hydrogens is 264 g/mol. The van der Waals surface area contributed by atoms with Crippen molar-refractivity contribution in [2.24, 2.45) is 5.92 Å². The second-order valence-corrected chi connectivity index (χ2v) is 5.83. The number of amides is 1. The molecule has 21 heavy (non-hydrogen) atoms. The summed E-state index contributed by atoms with van der Waals surface area (Å²) in [6.07, 6.45) is 5.96. The van der Waals surface area contributed by atoms with Gasteiger partial charge in [-0.05, 0) is 43.4 Å². The highest BCUT2D eigenvalue weighted by atomic mass is 16.5. The van der Waals surface area contributed by atoms with Gasteiger partial charge in [-0.1, -0.05) is 19.8 Å². The van der Waals surface area contributed by atoms with Crippen LogP contribution in [0.3, 0.4) is 0 Å². The van der Waals surface area contributed by atoms with Crippen LogP contribution in [0.4, 0.5) is 5.69 Å². The number of nitrogens with zero attached hydrogens (tertiary/aromatic N) is 1. The number of benzene rings is 1. The normalized spacial score (nSPS) is 19.1. The smallest absolute Gasteiger partial charge is 0.253 e. The van der Waals surface area contributed by atoms with Crippen LogP contribution in [-0.2, 0) is 0 Å². The summed E-state index contributed by atoms with van der Waals surface area (Å²) in [4.78, 5) is 14.6. The first-order chi connectivity index (χ1) is 10.2. The summed E-state index contributed by atoms with van der Waals surface area (Å²) in [6, 6.07) is 5.28. The van der Waals surface area contributed by atoms with Gasteiger partial charge in [0.2, 0.25) is 0 Å². The third-order valence-corrected chi connectivity index (χ3v) is 4.31. The van der Waals surface area contributed by atoms with Gasteiger partial charge in [-0.25, -0.2) is 0 Å². The van der Waals surface area contributed by atoms with Crippen LogP contribution in [0.5, 0.6) is 5.75 Å². The molecule has 0 aliphatic carbocycles. The monoisotopic (exact) mass is 290 g/mol. The molecule has 0 radical (unpaired) electrons. The molecule has 2 N–H and O–H groups in total. The Bertz CT molecular complexity index is 488. The van der Waals surface area contributed by atoms with E-state index in [1.165, 1.54) is 19.3 Å². The highest BCUT2D eigenvalue weighted by Crippen LogP contribution is 2.25. The number of rotatable bonds is 4. The fourth-order valence-corrected chi connectivity index (χ4v) is 3.12. The summed E-state index contributed by atoms with van der Waals surface area (Å²) < 4.78 is 5.14. The molecule has 4 heteroatoms. The van der Waals surface area contributed by atoms with Crippen LogP contribution in [0, 0.1) is 5.92 Å². The van der Waals surface area contributed by atoms with Crippen LogP contribution in [0.2, 0.25) is 0 Å². The largest absolute Gasteiger partial charge is 0.495 e. The Labute approximate surface area is 127 Å². The summed E-state index contributed by atoms with van der Waals surface area (Å²) in [5.41, 5.74) is 7.07. The Kier molecular flexibility index (Phi) is 5.48. The van der Waals surface area contributed by atoms with Crippen molar-refractivity contribution < 1.29 is 9.53 Å². The van der Waals surface area contributed by atoms with Crippen molar-refractivity contribution in [3.8, 4) is 5.75 Å². The molecule has 0 saturated carbocycles. The molecule has 1 saturated heterocycles. The highest BCUT2D eigenvalue weighted by Gasteiger charge is 2.21. The van der Waals surface area contributed by atoms with E-state index in [9.17, 15) is 4.79 Å². The lowest BCUT2D eigenvalue weighted by atomic mass is 9.96. The van der Waals surface area contributed by atoms with E-state index in [-0.39, 0.29) is 5.91 Å². The minimum atomic E-state index is 0.0847. The van der Waals surface area contributed by atoms with Gasteiger partial charge in [0.05, 0.1) is 12.8 Å². The van der Waals surface area contributed by atoms with Gasteiger partial charge in [-0.15, -0.1) is 0 Å². The fraction of sp³-hybridized carbons (Fsp3) is 0.588.